The Morgan fingerprint density at radius 3 is 2.25 bits per heavy atom. The van der Waals surface area contributed by atoms with Gasteiger partial charge in [-0.3, -0.25) is 4.90 Å². The summed E-state index contributed by atoms with van der Waals surface area (Å²) in [4.78, 5) is 2.22. The van der Waals surface area contributed by atoms with Crippen LogP contribution in [0.4, 0.5) is 8.78 Å². The van der Waals surface area contributed by atoms with Gasteiger partial charge in [0, 0.05) is 24.7 Å². The maximum Gasteiger partial charge on any atom is 0.126 e. The highest BCUT2D eigenvalue weighted by molar-refractivity contribution is 5.17. The van der Waals surface area contributed by atoms with Crippen molar-refractivity contribution in [3.8, 4) is 0 Å². The summed E-state index contributed by atoms with van der Waals surface area (Å²) < 4.78 is 26.4. The normalized spacial score (nSPS) is 23.2. The monoisotopic (exact) mass is 282 g/mol. The molecule has 1 fully saturated rings. The van der Waals surface area contributed by atoms with Crippen molar-refractivity contribution in [1.82, 2.24) is 10.2 Å². The Labute approximate surface area is 120 Å². The Kier molecular flexibility index (Phi) is 5.49. The van der Waals surface area contributed by atoms with Gasteiger partial charge in [0.2, 0.25) is 0 Å². The minimum Gasteiger partial charge on any atom is -0.314 e. The minimum atomic E-state index is -0.496. The summed E-state index contributed by atoms with van der Waals surface area (Å²) in [5.41, 5.74) is 0.707. The van der Waals surface area contributed by atoms with Crippen LogP contribution in [0.25, 0.3) is 0 Å². The summed E-state index contributed by atoms with van der Waals surface area (Å²) in [7, 11) is 2.04. The van der Waals surface area contributed by atoms with Gasteiger partial charge in [-0.2, -0.15) is 0 Å². The molecule has 0 amide bonds. The molecule has 0 aliphatic heterocycles. The number of rotatable bonds is 5. The molecule has 2 rings (SSSR count). The molecule has 0 spiro atoms. The fraction of sp³-hybridized carbons (Fsp3) is 0.625. The van der Waals surface area contributed by atoms with Crippen LogP contribution in [0.5, 0.6) is 0 Å². The molecule has 0 heterocycles. The Hall–Kier alpha value is -1.00. The van der Waals surface area contributed by atoms with Crippen LogP contribution in [0.2, 0.25) is 0 Å². The van der Waals surface area contributed by atoms with E-state index in [1.165, 1.54) is 25.0 Å². The van der Waals surface area contributed by atoms with E-state index in [1.54, 1.807) is 0 Å². The first-order valence-corrected chi connectivity index (χ1v) is 7.47. The van der Waals surface area contributed by atoms with E-state index >= 15 is 0 Å². The molecule has 0 atom stereocenters. The molecule has 0 aromatic heterocycles. The number of hydrogen-bond donors (Lipinski definition) is 1. The number of nitrogens with zero attached hydrogens (tertiary/aromatic N) is 1. The van der Waals surface area contributed by atoms with E-state index < -0.39 is 11.6 Å². The van der Waals surface area contributed by atoms with Crippen molar-refractivity contribution >= 4 is 0 Å². The Bertz CT molecular complexity index is 408. The van der Waals surface area contributed by atoms with Crippen LogP contribution >= 0.6 is 0 Å². The first-order valence-electron chi connectivity index (χ1n) is 7.47. The second-order valence-electron chi connectivity index (χ2n) is 5.76. The lowest BCUT2D eigenvalue weighted by Crippen LogP contribution is -2.40. The average molecular weight is 282 g/mol. The second-order valence-corrected chi connectivity index (χ2v) is 5.76. The summed E-state index contributed by atoms with van der Waals surface area (Å²) in [6, 6.07) is 4.91. The van der Waals surface area contributed by atoms with Crippen LogP contribution in [-0.2, 0) is 6.54 Å². The number of hydrogen-bond acceptors (Lipinski definition) is 2. The summed E-state index contributed by atoms with van der Waals surface area (Å²) >= 11 is 0. The number of benzene rings is 1. The van der Waals surface area contributed by atoms with Gasteiger partial charge < -0.3 is 5.32 Å². The van der Waals surface area contributed by atoms with E-state index in [2.05, 4.69) is 17.1 Å². The lowest BCUT2D eigenvalue weighted by atomic mass is 9.90. The van der Waals surface area contributed by atoms with Crippen LogP contribution in [-0.4, -0.2) is 30.6 Å². The van der Waals surface area contributed by atoms with E-state index in [1.807, 2.05) is 7.05 Å². The van der Waals surface area contributed by atoms with Crippen molar-refractivity contribution in [1.29, 1.82) is 0 Å². The third-order valence-electron chi connectivity index (χ3n) is 4.17. The maximum absolute atomic E-state index is 13.2. The fourth-order valence-electron chi connectivity index (χ4n) is 3.13. The van der Waals surface area contributed by atoms with Crippen molar-refractivity contribution in [2.24, 2.45) is 0 Å². The number of nitrogens with one attached hydrogen (secondary N) is 1. The highest BCUT2D eigenvalue weighted by atomic mass is 19.1. The molecule has 2 nitrogen and oxygen atoms in total. The van der Waals surface area contributed by atoms with Gasteiger partial charge in [0.1, 0.15) is 11.6 Å². The largest absolute Gasteiger partial charge is 0.314 e. The van der Waals surface area contributed by atoms with E-state index in [-0.39, 0.29) is 0 Å². The van der Waals surface area contributed by atoms with Crippen molar-refractivity contribution < 1.29 is 8.78 Å². The molecule has 1 N–H and O–H groups in total. The van der Waals surface area contributed by atoms with E-state index in [4.69, 9.17) is 0 Å². The molecular formula is C16H24F2N2. The molecule has 0 unspecified atom stereocenters. The molecule has 1 aliphatic rings. The smallest absolute Gasteiger partial charge is 0.126 e. The third kappa shape index (κ3) is 4.25. The van der Waals surface area contributed by atoms with Crippen LogP contribution in [0, 0.1) is 11.6 Å². The maximum atomic E-state index is 13.2. The minimum absolute atomic E-state index is 0.496. The number of halogens is 2. The Morgan fingerprint density at radius 2 is 1.70 bits per heavy atom. The van der Waals surface area contributed by atoms with Crippen LogP contribution < -0.4 is 5.32 Å². The zero-order valence-electron chi connectivity index (χ0n) is 12.3. The first kappa shape index (κ1) is 15.4. The molecule has 1 saturated carbocycles. The van der Waals surface area contributed by atoms with Gasteiger partial charge in [-0.1, -0.05) is 6.92 Å². The van der Waals surface area contributed by atoms with Crippen LogP contribution in [0.3, 0.4) is 0 Å². The predicted octanol–water partition coefficient (Wildman–Crippen LogP) is 3.32. The third-order valence-corrected chi connectivity index (χ3v) is 4.17. The summed E-state index contributed by atoms with van der Waals surface area (Å²) in [5.74, 6) is -0.992. The van der Waals surface area contributed by atoms with E-state index in [9.17, 15) is 8.78 Å². The zero-order chi connectivity index (χ0) is 14.5. The molecule has 0 bridgehead atoms. The highest BCUT2D eigenvalue weighted by Crippen LogP contribution is 2.23. The summed E-state index contributed by atoms with van der Waals surface area (Å²) in [6.45, 7) is 3.76. The molecule has 4 heteroatoms. The van der Waals surface area contributed by atoms with Crippen molar-refractivity contribution in [3.05, 3.63) is 35.4 Å². The Morgan fingerprint density at radius 1 is 1.10 bits per heavy atom. The van der Waals surface area contributed by atoms with Gasteiger partial charge in [0.15, 0.2) is 0 Å². The fourth-order valence-corrected chi connectivity index (χ4v) is 3.13. The van der Waals surface area contributed by atoms with Gasteiger partial charge in [-0.15, -0.1) is 0 Å². The first-order chi connectivity index (χ1) is 9.58. The van der Waals surface area contributed by atoms with Crippen molar-refractivity contribution in [2.45, 2.75) is 51.2 Å². The van der Waals surface area contributed by atoms with E-state index in [0.717, 1.165) is 25.5 Å². The predicted molar refractivity (Wildman–Crippen MR) is 77.5 cm³/mol. The molecule has 112 valence electrons. The molecule has 0 radical (unpaired) electrons. The SMILES string of the molecule is CCNC1CCC(N(C)Cc2cc(F)cc(F)c2)CC1. The van der Waals surface area contributed by atoms with Gasteiger partial charge in [0.25, 0.3) is 0 Å². The van der Waals surface area contributed by atoms with Gasteiger partial charge >= 0.3 is 0 Å². The van der Waals surface area contributed by atoms with Gasteiger partial charge in [-0.05, 0) is 57.0 Å². The lowest BCUT2D eigenvalue weighted by Gasteiger charge is -2.35. The topological polar surface area (TPSA) is 15.3 Å². The van der Waals surface area contributed by atoms with E-state index in [0.29, 0.717) is 24.2 Å². The second kappa shape index (κ2) is 7.14. The quantitative estimate of drug-likeness (QED) is 0.891. The Balaban J connectivity index is 1.87. The molecule has 1 aromatic carbocycles. The lowest BCUT2D eigenvalue weighted by molar-refractivity contribution is 0.168. The summed E-state index contributed by atoms with van der Waals surface area (Å²) in [5, 5.41) is 3.49. The van der Waals surface area contributed by atoms with Gasteiger partial charge in [0.05, 0.1) is 0 Å². The average Bonchev–Trinajstić information content (AvgIpc) is 2.38. The van der Waals surface area contributed by atoms with Gasteiger partial charge in [-0.25, -0.2) is 8.78 Å². The van der Waals surface area contributed by atoms with Crippen LogP contribution in [0.15, 0.2) is 18.2 Å². The molecule has 20 heavy (non-hydrogen) atoms. The zero-order valence-corrected chi connectivity index (χ0v) is 12.3. The highest BCUT2D eigenvalue weighted by Gasteiger charge is 2.23. The molecule has 1 aliphatic carbocycles. The van der Waals surface area contributed by atoms with Crippen molar-refractivity contribution in [3.63, 3.8) is 0 Å². The standard InChI is InChI=1S/C16H24F2N2/c1-3-19-15-4-6-16(7-5-15)20(2)11-12-8-13(17)10-14(18)9-12/h8-10,15-16,19H,3-7,11H2,1-2H3. The van der Waals surface area contributed by atoms with Crippen molar-refractivity contribution in [2.75, 3.05) is 13.6 Å². The van der Waals surface area contributed by atoms with Crippen LogP contribution in [0.1, 0.15) is 38.2 Å². The molecule has 0 saturated heterocycles. The summed E-state index contributed by atoms with van der Waals surface area (Å²) in [6.07, 6.45) is 4.65. The molecule has 1 aromatic rings. The molecular weight excluding hydrogens is 258 g/mol.